The van der Waals surface area contributed by atoms with Crippen molar-refractivity contribution in [2.45, 2.75) is 6.92 Å². The topological polar surface area (TPSA) is 100 Å². The lowest BCUT2D eigenvalue weighted by Crippen LogP contribution is -2.16. The van der Waals surface area contributed by atoms with Crippen LogP contribution in [-0.4, -0.2) is 45.6 Å². The lowest BCUT2D eigenvalue weighted by Gasteiger charge is -2.13. The number of ketones is 1. The highest BCUT2D eigenvalue weighted by Crippen LogP contribution is 2.35. The summed E-state index contributed by atoms with van der Waals surface area (Å²) >= 11 is 0. The van der Waals surface area contributed by atoms with Gasteiger partial charge in [0.1, 0.15) is 17.1 Å². The van der Waals surface area contributed by atoms with Crippen LogP contribution in [0.3, 0.4) is 0 Å². The molecule has 0 aliphatic rings. The van der Waals surface area contributed by atoms with Crippen molar-refractivity contribution < 1.29 is 37.7 Å². The minimum atomic E-state index is -0.855. The van der Waals surface area contributed by atoms with Crippen LogP contribution in [0.15, 0.2) is 30.3 Å². The molecule has 0 radical (unpaired) electrons. The zero-order chi connectivity index (χ0) is 21.6. The van der Waals surface area contributed by atoms with Gasteiger partial charge in [0.05, 0.1) is 26.9 Å². The molecule has 0 heterocycles. The summed E-state index contributed by atoms with van der Waals surface area (Å²) in [5.74, 6) is -2.05. The number of benzene rings is 2. The lowest BCUT2D eigenvalue weighted by atomic mass is 10.1. The second-order valence-corrected chi connectivity index (χ2v) is 5.78. The Balaban J connectivity index is 2.14. The second-order valence-electron chi connectivity index (χ2n) is 5.78. The molecule has 0 aromatic heterocycles. The van der Waals surface area contributed by atoms with Crippen LogP contribution in [-0.2, 0) is 9.53 Å². The highest BCUT2D eigenvalue weighted by atomic mass is 19.1. The van der Waals surface area contributed by atoms with Gasteiger partial charge in [0.2, 0.25) is 11.7 Å². The number of carbonyl (C=O) groups excluding carboxylic acids is 3. The van der Waals surface area contributed by atoms with Gasteiger partial charge in [-0.3, -0.25) is 9.59 Å². The zero-order valence-electron chi connectivity index (χ0n) is 16.3. The Labute approximate surface area is 166 Å². The fraction of sp³-hybridized carbons (Fsp3) is 0.250. The molecule has 0 fully saturated rings. The van der Waals surface area contributed by atoms with Crippen LogP contribution >= 0.6 is 0 Å². The Morgan fingerprint density at radius 2 is 1.52 bits per heavy atom. The number of rotatable bonds is 8. The number of anilines is 1. The molecule has 1 N–H and O–H groups in total. The lowest BCUT2D eigenvalue weighted by molar-refractivity contribution is -0.114. The van der Waals surface area contributed by atoms with Crippen LogP contribution < -0.4 is 19.5 Å². The Kier molecular flexibility index (Phi) is 7.13. The summed E-state index contributed by atoms with van der Waals surface area (Å²) in [5.41, 5.74) is -0.0517. The number of hydrogen-bond acceptors (Lipinski definition) is 7. The molecule has 0 saturated carbocycles. The Hall–Kier alpha value is -3.62. The first-order valence-corrected chi connectivity index (χ1v) is 8.38. The van der Waals surface area contributed by atoms with Gasteiger partial charge in [-0.05, 0) is 18.2 Å². The molecule has 8 nitrogen and oxygen atoms in total. The molecule has 0 atom stereocenters. The molecule has 2 aromatic carbocycles. The van der Waals surface area contributed by atoms with E-state index in [1.165, 1.54) is 52.5 Å². The molecule has 2 aromatic rings. The van der Waals surface area contributed by atoms with Gasteiger partial charge in [0.15, 0.2) is 18.1 Å². The molecule has 0 aliphatic heterocycles. The van der Waals surface area contributed by atoms with Crippen molar-refractivity contribution in [3.8, 4) is 17.2 Å². The summed E-state index contributed by atoms with van der Waals surface area (Å²) in [6.45, 7) is 0.589. The van der Waals surface area contributed by atoms with E-state index in [-0.39, 0.29) is 34.2 Å². The van der Waals surface area contributed by atoms with Gasteiger partial charge < -0.3 is 24.3 Å². The fourth-order valence-electron chi connectivity index (χ4n) is 2.50. The van der Waals surface area contributed by atoms with Gasteiger partial charge >= 0.3 is 5.97 Å². The monoisotopic (exact) mass is 405 g/mol. The van der Waals surface area contributed by atoms with Gasteiger partial charge in [-0.15, -0.1) is 0 Å². The predicted octanol–water partition coefficient (Wildman–Crippen LogP) is 2.85. The number of esters is 1. The first-order valence-electron chi connectivity index (χ1n) is 8.38. The minimum absolute atomic E-state index is 0.0134. The number of Topliss-reactive ketones (excluding diaryl/α,β-unsaturated/α-hetero) is 1. The maximum atomic E-state index is 14.1. The summed E-state index contributed by atoms with van der Waals surface area (Å²) < 4.78 is 34.6. The Morgan fingerprint density at radius 3 is 2.07 bits per heavy atom. The number of ether oxygens (including phenoxy) is 4. The minimum Gasteiger partial charge on any atom is -0.496 e. The standard InChI is InChI=1S/C20H20FNO7/c1-11(23)22-12-5-6-13(15(21)7-12)16(24)10-29-20(25)14-8-18(27-3)19(28-4)9-17(14)26-2/h5-9H,10H2,1-4H3,(H,22,23). The van der Waals surface area contributed by atoms with Crippen molar-refractivity contribution in [1.29, 1.82) is 0 Å². The van der Waals surface area contributed by atoms with E-state index in [1.807, 2.05) is 0 Å². The third kappa shape index (κ3) is 5.22. The van der Waals surface area contributed by atoms with Crippen molar-refractivity contribution in [2.75, 3.05) is 33.3 Å². The molecule has 0 saturated heterocycles. The summed E-state index contributed by atoms with van der Waals surface area (Å²) in [7, 11) is 4.19. The third-order valence-corrected chi connectivity index (χ3v) is 3.85. The highest BCUT2D eigenvalue weighted by Gasteiger charge is 2.21. The normalized spacial score (nSPS) is 10.1. The molecule has 0 unspecified atom stereocenters. The maximum absolute atomic E-state index is 14.1. The van der Waals surface area contributed by atoms with Crippen LogP contribution in [0.4, 0.5) is 10.1 Å². The van der Waals surface area contributed by atoms with Crippen LogP contribution in [0.25, 0.3) is 0 Å². The largest absolute Gasteiger partial charge is 0.496 e. The van der Waals surface area contributed by atoms with Crippen molar-refractivity contribution >= 4 is 23.3 Å². The molecule has 154 valence electrons. The fourth-order valence-corrected chi connectivity index (χ4v) is 2.50. The number of halogens is 1. The molecular formula is C20H20FNO7. The highest BCUT2D eigenvalue weighted by molar-refractivity contribution is 6.01. The van der Waals surface area contributed by atoms with Crippen molar-refractivity contribution in [1.82, 2.24) is 0 Å². The number of amides is 1. The average Bonchev–Trinajstić information content (AvgIpc) is 2.70. The van der Waals surface area contributed by atoms with Gasteiger partial charge in [0.25, 0.3) is 0 Å². The van der Waals surface area contributed by atoms with E-state index in [2.05, 4.69) is 5.32 Å². The van der Waals surface area contributed by atoms with Crippen LogP contribution in [0.5, 0.6) is 17.2 Å². The van der Waals surface area contributed by atoms with Gasteiger partial charge in [0, 0.05) is 24.7 Å². The summed E-state index contributed by atoms with van der Waals surface area (Å²) in [6.07, 6.45) is 0. The van der Waals surface area contributed by atoms with Crippen molar-refractivity contribution in [3.05, 3.63) is 47.3 Å². The molecule has 1 amide bonds. The maximum Gasteiger partial charge on any atom is 0.342 e. The molecular weight excluding hydrogens is 385 g/mol. The van der Waals surface area contributed by atoms with Crippen LogP contribution in [0, 0.1) is 5.82 Å². The smallest absolute Gasteiger partial charge is 0.342 e. The number of carbonyl (C=O) groups is 3. The molecule has 0 bridgehead atoms. The summed E-state index contributed by atoms with van der Waals surface area (Å²) in [6, 6.07) is 6.38. The zero-order valence-corrected chi connectivity index (χ0v) is 16.3. The number of nitrogens with one attached hydrogen (secondary N) is 1. The predicted molar refractivity (Wildman–Crippen MR) is 101 cm³/mol. The van der Waals surface area contributed by atoms with E-state index in [4.69, 9.17) is 18.9 Å². The van der Waals surface area contributed by atoms with Gasteiger partial charge in [-0.1, -0.05) is 0 Å². The summed E-state index contributed by atoms with van der Waals surface area (Å²) in [4.78, 5) is 35.6. The third-order valence-electron chi connectivity index (χ3n) is 3.85. The van der Waals surface area contributed by atoms with Gasteiger partial charge in [-0.25, -0.2) is 9.18 Å². The number of methoxy groups -OCH3 is 3. The van der Waals surface area contributed by atoms with Gasteiger partial charge in [-0.2, -0.15) is 0 Å². The molecule has 2 rings (SSSR count). The second kappa shape index (κ2) is 9.54. The summed E-state index contributed by atoms with van der Waals surface area (Å²) in [5, 5.41) is 2.40. The number of hydrogen-bond donors (Lipinski definition) is 1. The Morgan fingerprint density at radius 1 is 0.897 bits per heavy atom. The van der Waals surface area contributed by atoms with E-state index in [1.54, 1.807) is 0 Å². The van der Waals surface area contributed by atoms with E-state index in [0.29, 0.717) is 5.75 Å². The molecule has 0 aliphatic carbocycles. The SMILES string of the molecule is COc1cc(OC)c(C(=O)OCC(=O)c2ccc(NC(C)=O)cc2F)cc1OC. The van der Waals surface area contributed by atoms with Crippen molar-refractivity contribution in [3.63, 3.8) is 0 Å². The van der Waals surface area contributed by atoms with E-state index in [9.17, 15) is 18.8 Å². The molecule has 0 spiro atoms. The Bertz CT molecular complexity index is 943. The first-order chi connectivity index (χ1) is 13.8. The van der Waals surface area contributed by atoms with Crippen LogP contribution in [0.2, 0.25) is 0 Å². The molecule has 29 heavy (non-hydrogen) atoms. The van der Waals surface area contributed by atoms with E-state index >= 15 is 0 Å². The van der Waals surface area contributed by atoms with Crippen LogP contribution in [0.1, 0.15) is 27.6 Å². The average molecular weight is 405 g/mol. The van der Waals surface area contributed by atoms with E-state index in [0.717, 1.165) is 6.07 Å². The first kappa shape index (κ1) is 21.7. The quantitative estimate of drug-likeness (QED) is 0.532. The van der Waals surface area contributed by atoms with E-state index < -0.39 is 24.2 Å². The molecule has 9 heteroatoms. The van der Waals surface area contributed by atoms with Crippen molar-refractivity contribution in [2.24, 2.45) is 0 Å².